The van der Waals surface area contributed by atoms with Gasteiger partial charge < -0.3 is 109 Å². The monoisotopic (exact) mass is 1790 g/mol. The van der Waals surface area contributed by atoms with Crippen molar-refractivity contribution in [2.75, 3.05) is 0 Å². The van der Waals surface area contributed by atoms with Gasteiger partial charge in [-0.15, -0.1) is 0 Å². The van der Waals surface area contributed by atoms with Crippen molar-refractivity contribution >= 4 is 107 Å². The highest BCUT2D eigenvalue weighted by molar-refractivity contribution is 5.99. The average Bonchev–Trinajstić information content (AvgIpc) is 1.63. The van der Waals surface area contributed by atoms with Gasteiger partial charge in [0.25, 0.3) is 0 Å². The van der Waals surface area contributed by atoms with E-state index in [1.165, 1.54) is 80.8 Å². The van der Waals surface area contributed by atoms with E-state index in [-0.39, 0.29) is 23.8 Å². The summed E-state index contributed by atoms with van der Waals surface area (Å²) in [6, 6.07) is 57.6. The van der Waals surface area contributed by atoms with Crippen LogP contribution in [0.5, 0.6) is 0 Å². The molecule has 13 heterocycles. The summed E-state index contributed by atoms with van der Waals surface area (Å²) < 4.78 is 26.9. The second kappa shape index (κ2) is 49.8. The molecule has 0 fully saturated rings. The number of carboxylic acid groups (broad SMARTS) is 4. The third-order valence-electron chi connectivity index (χ3n) is 21.0. The van der Waals surface area contributed by atoms with Gasteiger partial charge in [0.15, 0.2) is 0 Å². The molecule has 0 spiro atoms. The van der Waals surface area contributed by atoms with Crippen molar-refractivity contribution in [3.8, 4) is 0 Å². The predicted molar refractivity (Wildman–Crippen MR) is 525 cm³/mol. The Morgan fingerprint density at radius 3 is 1.27 bits per heavy atom. The lowest BCUT2D eigenvalue weighted by atomic mass is 10.0. The molecule has 19 rings (SSSR count). The maximum absolute atomic E-state index is 13.6. The molecular weight excluding hydrogens is 1670 g/mol. The summed E-state index contributed by atoms with van der Waals surface area (Å²) in [6.07, 6.45) is 27.1. The van der Waals surface area contributed by atoms with E-state index in [4.69, 9.17) is 49.1 Å². The van der Waals surface area contributed by atoms with Crippen LogP contribution >= 0.6 is 0 Å². The normalized spacial score (nSPS) is 12.5. The van der Waals surface area contributed by atoms with Crippen LogP contribution in [-0.2, 0) is 62.5 Å². The number of carboxylic acids is 4. The second-order valence-electron chi connectivity index (χ2n) is 31.9. The van der Waals surface area contributed by atoms with Crippen LogP contribution in [0, 0.1) is 60.1 Å². The zero-order chi connectivity index (χ0) is 95.5. The Hall–Kier alpha value is -15.4. The molecule has 27 nitrogen and oxygen atoms in total. The summed E-state index contributed by atoms with van der Waals surface area (Å²) in [4.78, 5) is 95.0. The number of ketones is 1. The number of nitrogens with two attached hydrogens (primary N) is 5. The van der Waals surface area contributed by atoms with Crippen molar-refractivity contribution < 1.29 is 53.2 Å². The molecule has 0 amide bonds. The van der Waals surface area contributed by atoms with Crippen molar-refractivity contribution in [1.82, 2.24) is 59.8 Å². The number of fused-ring (bicyclic) bond motifs is 6. The van der Waals surface area contributed by atoms with Gasteiger partial charge in [-0.1, -0.05) is 91.0 Å². The van der Waals surface area contributed by atoms with E-state index < -0.39 is 54.1 Å². The first-order valence-electron chi connectivity index (χ1n) is 42.7. The van der Waals surface area contributed by atoms with Gasteiger partial charge in [-0.2, -0.15) is 0 Å². The molecule has 1 aliphatic heterocycles. The van der Waals surface area contributed by atoms with Crippen LogP contribution in [0.1, 0.15) is 105 Å². The quantitative estimate of drug-likeness (QED) is 0.0380. The number of aryl methyl sites for hydroxylation is 7. The van der Waals surface area contributed by atoms with E-state index in [0.29, 0.717) is 47.5 Å². The third kappa shape index (κ3) is 30.7. The van der Waals surface area contributed by atoms with E-state index in [2.05, 4.69) is 159 Å². The number of aliphatic imine (C=N–C) groups is 1. The fraction of sp³-hybridized carbons (Fsp3) is 0.204. The maximum Gasteiger partial charge on any atom is 0.320 e. The number of H-pyrrole nitrogens is 12. The first-order valence-corrected chi connectivity index (χ1v) is 42.7. The summed E-state index contributed by atoms with van der Waals surface area (Å²) >= 11 is 0. The standard InChI is InChI=1S/C13H16N2.C12H13FN2O.C12H14N2O2.C11H11FN2O2.2C11H12N2O2.C9H10N2.C8H7N.2C6H9N.C4H5N/c1-8-5-10(3)14-12(8)7-13-9(2)6-11(4)15-13;1-7(16)10(14)5-8-6-15-11-4-2-3-9(13)12(8)11;1-7-3-2-4-9-8(6-14-11(7)9)5-10(13)12(15)16;12-8-3-1-2-7-6(5-14-10(7)8)4-9(13)11(15)16;2*12-9(11(14)15)5-7-6-13-10-4-2-1-3-8(7)10;1-3-8(10-5-1)7-9-4-2-6-11-9;1-2-4-8-7(3-1)5-6-9-8;1-5-3-6(2)7-4-5;1-5-3-4-6(2)7-5;1-2-4-5-3-1/h5-7,14H,1-4H3;2-4,6,10,15H,5,14H2,1H3;2-4,6,10,14H,5,13H2,1H3,(H,15,16);1-3,5,9,14H,4,13H2,(H,15,16);2*1-4,6,9,13H,5,12H2,(H,14,15);1-6,10-11H,7H2;1-6,9H;2*3-4,7H,1-2H3;1-5H/b13-7+;;;;;;;;;;/t;2*10-;3*9-;;;;;/m.01010...../s1. The minimum absolute atomic E-state index is 0.0920. The molecule has 6 aromatic carbocycles. The molecule has 12 aromatic heterocycles. The van der Waals surface area contributed by atoms with Crippen molar-refractivity contribution in [3.05, 3.63) is 376 Å². The van der Waals surface area contributed by atoms with Gasteiger partial charge >= 0.3 is 23.9 Å². The summed E-state index contributed by atoms with van der Waals surface area (Å²) in [6.45, 7) is 20.0. The summed E-state index contributed by atoms with van der Waals surface area (Å²) in [5, 5.41) is 40.5. The lowest BCUT2D eigenvalue weighted by Gasteiger charge is -2.06. The number of carbonyl (C=O) groups is 5. The maximum atomic E-state index is 13.6. The number of nitrogens with zero attached hydrogens (tertiary/aromatic N) is 1. The molecule has 1 aliphatic rings. The van der Waals surface area contributed by atoms with E-state index >= 15 is 0 Å². The minimum atomic E-state index is -1.06. The van der Waals surface area contributed by atoms with Crippen molar-refractivity contribution in [2.45, 2.75) is 138 Å². The van der Waals surface area contributed by atoms with Crippen LogP contribution < -0.4 is 28.7 Å². The van der Waals surface area contributed by atoms with E-state index in [0.717, 1.165) is 89.6 Å². The number of Topliss-reactive ketones (excluding diaryl/α,β-unsaturated/α-hetero) is 1. The molecule has 132 heavy (non-hydrogen) atoms. The fourth-order valence-electron chi connectivity index (χ4n) is 14.1. The highest BCUT2D eigenvalue weighted by atomic mass is 19.1. The van der Waals surface area contributed by atoms with Crippen molar-refractivity contribution in [1.29, 1.82) is 0 Å². The van der Waals surface area contributed by atoms with E-state index in [9.17, 15) is 32.8 Å². The van der Waals surface area contributed by atoms with Crippen LogP contribution in [0.3, 0.4) is 0 Å². The number of hydrogen-bond acceptors (Lipinski definition) is 11. The van der Waals surface area contributed by atoms with Crippen LogP contribution in [0.2, 0.25) is 0 Å². The number of aliphatic carboxylic acids is 4. The predicted octanol–water partition coefficient (Wildman–Crippen LogP) is 18.5. The van der Waals surface area contributed by atoms with Gasteiger partial charge in [0.2, 0.25) is 0 Å². The largest absolute Gasteiger partial charge is 0.480 e. The highest BCUT2D eigenvalue weighted by Gasteiger charge is 2.20. The van der Waals surface area contributed by atoms with Crippen molar-refractivity contribution in [3.63, 3.8) is 0 Å². The Balaban J connectivity index is 0.000000165. The number of para-hydroxylation sites is 5. The minimum Gasteiger partial charge on any atom is -0.480 e. The summed E-state index contributed by atoms with van der Waals surface area (Å²) in [5.41, 5.74) is 52.9. The smallest absolute Gasteiger partial charge is 0.320 e. The van der Waals surface area contributed by atoms with Gasteiger partial charge in [-0.3, -0.25) is 29.0 Å². The molecule has 26 N–H and O–H groups in total. The van der Waals surface area contributed by atoms with Crippen LogP contribution in [0.4, 0.5) is 8.78 Å². The topological polar surface area (TPSA) is 498 Å². The molecule has 5 atom stereocenters. The van der Waals surface area contributed by atoms with Crippen LogP contribution in [0.15, 0.2) is 285 Å². The number of aromatic nitrogens is 12. The molecule has 0 radical (unpaired) electrons. The number of hydrogen-bond donors (Lipinski definition) is 21. The van der Waals surface area contributed by atoms with Crippen molar-refractivity contribution in [2.24, 2.45) is 33.7 Å². The number of aromatic amines is 12. The molecule has 0 saturated heterocycles. The van der Waals surface area contributed by atoms with E-state index in [1.54, 1.807) is 36.7 Å². The Labute approximate surface area is 763 Å². The SMILES string of the molecule is CC(=O)[C@@H](N)Cc1c[nH]c2cccc(F)c12.CC1=CC(C)=N/C1=C/c1[nH]c(C)cc1C.Cc1c[nH]c(C)c1.Cc1ccc(C)[nH]1.Cc1cccc2c(C[C@@H](N)C(=O)O)c[nH]c12.N[C@@H](Cc1c[nH]c2c(F)cccc12)C(=O)O.N[C@@H](Cc1c[nH]c2ccccc12)C(=O)O.N[C@H](Cc1c[nH]c2ccccc12)C(=O)O.c1c[nH]c(Cc2ccc[nH]2)c1.c1cc[nH]c1.c1ccc2[nH]ccc2c1. The Bertz CT molecular complexity index is 6420. The van der Waals surface area contributed by atoms with Gasteiger partial charge in [0.05, 0.1) is 17.3 Å². The van der Waals surface area contributed by atoms with Crippen LogP contribution in [0.25, 0.3) is 71.5 Å². The molecule has 0 aliphatic carbocycles. The zero-order valence-corrected chi connectivity index (χ0v) is 75.5. The van der Waals surface area contributed by atoms with Gasteiger partial charge in [0, 0.05) is 200 Å². The zero-order valence-electron chi connectivity index (χ0n) is 75.5. The van der Waals surface area contributed by atoms with Crippen LogP contribution in [-0.4, -0.2) is 146 Å². The number of allylic oxidation sites excluding steroid dienone is 2. The third-order valence-corrected chi connectivity index (χ3v) is 21.0. The Morgan fingerprint density at radius 2 is 0.833 bits per heavy atom. The number of halogens is 2. The number of benzene rings is 6. The first kappa shape index (κ1) is 100. The van der Waals surface area contributed by atoms with Gasteiger partial charge in [0.1, 0.15) is 41.6 Å². The van der Waals surface area contributed by atoms with E-state index in [1.807, 2.05) is 194 Å². The molecule has 0 bridgehead atoms. The molecular formula is C103H118F2N18O9. The Kier molecular flexibility index (Phi) is 37.9. The molecule has 688 valence electrons. The lowest BCUT2D eigenvalue weighted by Crippen LogP contribution is -2.32. The molecule has 18 aromatic rings. The number of rotatable bonds is 18. The Morgan fingerprint density at radius 1 is 0.379 bits per heavy atom. The van der Waals surface area contributed by atoms with Gasteiger partial charge in [-0.25, -0.2) is 8.78 Å². The number of carbonyl (C=O) groups excluding carboxylic acids is 1. The molecule has 29 heteroatoms. The second-order valence-corrected chi connectivity index (χ2v) is 31.9. The summed E-state index contributed by atoms with van der Waals surface area (Å²) in [7, 11) is 0. The first-order chi connectivity index (χ1) is 63.2. The average molecular weight is 1790 g/mol. The molecule has 0 unspecified atom stereocenters. The highest BCUT2D eigenvalue weighted by Crippen LogP contribution is 2.28. The van der Waals surface area contributed by atoms with Gasteiger partial charge in [-0.05, 0) is 246 Å². The number of nitrogens with one attached hydrogen (secondary N) is 12. The summed E-state index contributed by atoms with van der Waals surface area (Å²) in [5.74, 6) is -4.71. The fourth-order valence-corrected chi connectivity index (χ4v) is 14.1. The lowest BCUT2D eigenvalue weighted by molar-refractivity contribution is -0.139. The molecule has 0 saturated carbocycles.